The lowest BCUT2D eigenvalue weighted by atomic mass is 10.1. The van der Waals surface area contributed by atoms with Crippen LogP contribution in [0.3, 0.4) is 0 Å². The van der Waals surface area contributed by atoms with Gasteiger partial charge in [-0.3, -0.25) is 13.9 Å². The summed E-state index contributed by atoms with van der Waals surface area (Å²) < 4.78 is 45.6. The van der Waals surface area contributed by atoms with E-state index in [0.29, 0.717) is 12.3 Å². The first-order chi connectivity index (χ1) is 20.5. The van der Waals surface area contributed by atoms with Gasteiger partial charge in [0.2, 0.25) is 11.8 Å². The summed E-state index contributed by atoms with van der Waals surface area (Å²) in [5.41, 5.74) is 1.80. The fraction of sp³-hybridized carbons (Fsp3) is 0.355. The van der Waals surface area contributed by atoms with Crippen LogP contribution in [0.15, 0.2) is 65.6 Å². The molecule has 0 aromatic heterocycles. The van der Waals surface area contributed by atoms with Gasteiger partial charge in [-0.15, -0.1) is 0 Å². The molecule has 232 valence electrons. The highest BCUT2D eigenvalue weighted by Gasteiger charge is 2.34. The van der Waals surface area contributed by atoms with Crippen LogP contribution in [0.25, 0.3) is 0 Å². The largest absolute Gasteiger partial charge is 0.495 e. The van der Waals surface area contributed by atoms with Crippen LogP contribution < -0.4 is 23.8 Å². The van der Waals surface area contributed by atoms with Crippen molar-refractivity contribution in [1.29, 1.82) is 0 Å². The van der Waals surface area contributed by atoms with Crippen molar-refractivity contribution in [3.05, 3.63) is 76.8 Å². The van der Waals surface area contributed by atoms with Crippen LogP contribution in [0.2, 0.25) is 5.02 Å². The highest BCUT2D eigenvalue weighted by atomic mass is 35.5. The number of aryl methyl sites for hydroxylation is 1. The van der Waals surface area contributed by atoms with Crippen molar-refractivity contribution in [3.8, 4) is 17.2 Å². The SMILES string of the molecule is CCCNC(=O)[C@H](C)N(Cc1ccccc1C)C(=O)CN(c1cc(Cl)ccc1OC)S(=O)(=O)c1ccc(OC)c(OC)c1. The monoisotopic (exact) mass is 631 g/mol. The molecule has 0 aliphatic rings. The van der Waals surface area contributed by atoms with Crippen LogP contribution in [-0.4, -0.2) is 65.6 Å². The Morgan fingerprint density at radius 3 is 2.21 bits per heavy atom. The Hall–Kier alpha value is -3.96. The molecule has 10 nitrogen and oxygen atoms in total. The van der Waals surface area contributed by atoms with Crippen LogP contribution in [0.1, 0.15) is 31.4 Å². The first kappa shape index (κ1) is 33.5. The van der Waals surface area contributed by atoms with E-state index in [1.165, 1.54) is 56.6 Å². The normalized spacial score (nSPS) is 11.8. The first-order valence-corrected chi connectivity index (χ1v) is 15.5. The molecule has 3 aromatic rings. The fourth-order valence-corrected chi connectivity index (χ4v) is 6.02. The van der Waals surface area contributed by atoms with Gasteiger partial charge in [0.1, 0.15) is 18.3 Å². The second-order valence-electron chi connectivity index (χ2n) is 9.76. The van der Waals surface area contributed by atoms with Crippen molar-refractivity contribution in [2.24, 2.45) is 0 Å². The number of hydrogen-bond acceptors (Lipinski definition) is 7. The van der Waals surface area contributed by atoms with Gasteiger partial charge in [-0.05, 0) is 61.7 Å². The van der Waals surface area contributed by atoms with Crippen molar-refractivity contribution in [3.63, 3.8) is 0 Å². The Kier molecular flexibility index (Phi) is 11.7. The Balaban J connectivity index is 2.15. The number of rotatable bonds is 14. The molecule has 0 fully saturated rings. The average molecular weight is 632 g/mol. The van der Waals surface area contributed by atoms with Crippen LogP contribution in [-0.2, 0) is 26.2 Å². The number of sulfonamides is 1. The molecule has 43 heavy (non-hydrogen) atoms. The number of halogens is 1. The van der Waals surface area contributed by atoms with Crippen LogP contribution in [0.4, 0.5) is 5.69 Å². The van der Waals surface area contributed by atoms with E-state index in [0.717, 1.165) is 21.9 Å². The van der Waals surface area contributed by atoms with Gasteiger partial charge in [-0.2, -0.15) is 0 Å². The van der Waals surface area contributed by atoms with E-state index in [4.69, 9.17) is 25.8 Å². The van der Waals surface area contributed by atoms with Crippen LogP contribution in [0.5, 0.6) is 17.2 Å². The molecule has 0 aliphatic carbocycles. The molecule has 0 bridgehead atoms. The van der Waals surface area contributed by atoms with Gasteiger partial charge in [0.25, 0.3) is 10.0 Å². The summed E-state index contributed by atoms with van der Waals surface area (Å²) in [4.78, 5) is 28.5. The Morgan fingerprint density at radius 1 is 0.930 bits per heavy atom. The third kappa shape index (κ3) is 7.91. The number of benzene rings is 3. The standard InChI is InChI=1S/C31H38ClN3O7S/c1-7-16-33-31(37)22(3)34(19-23-11-9-8-10-21(23)2)30(36)20-35(26-17-24(32)12-14-27(26)40-4)43(38,39)25-13-15-28(41-5)29(18-25)42-6/h8-15,17-18,22H,7,16,19-20H2,1-6H3,(H,33,37)/t22-/m0/s1. The van der Waals surface area contributed by atoms with Gasteiger partial charge >= 0.3 is 0 Å². The summed E-state index contributed by atoms with van der Waals surface area (Å²) in [6.45, 7) is 5.33. The van der Waals surface area contributed by atoms with Gasteiger partial charge in [0, 0.05) is 24.2 Å². The topological polar surface area (TPSA) is 114 Å². The van der Waals surface area contributed by atoms with Crippen LogP contribution >= 0.6 is 11.6 Å². The predicted octanol–water partition coefficient (Wildman–Crippen LogP) is 4.81. The van der Waals surface area contributed by atoms with Crippen LogP contribution in [0, 0.1) is 6.92 Å². The molecular formula is C31H38ClN3O7S. The zero-order valence-electron chi connectivity index (χ0n) is 25.2. The van der Waals surface area contributed by atoms with Gasteiger partial charge in [0.05, 0.1) is 31.9 Å². The Morgan fingerprint density at radius 2 is 1.58 bits per heavy atom. The number of nitrogens with one attached hydrogen (secondary N) is 1. The molecule has 0 unspecified atom stereocenters. The van der Waals surface area contributed by atoms with E-state index < -0.39 is 28.5 Å². The van der Waals surface area contributed by atoms with Crippen molar-refractivity contribution in [1.82, 2.24) is 10.2 Å². The minimum atomic E-state index is -4.42. The molecule has 0 spiro atoms. The van der Waals surface area contributed by atoms with Gasteiger partial charge in [-0.25, -0.2) is 8.42 Å². The molecular weight excluding hydrogens is 594 g/mol. The highest BCUT2D eigenvalue weighted by Crippen LogP contribution is 2.37. The molecule has 2 amide bonds. The number of hydrogen-bond donors (Lipinski definition) is 1. The molecule has 12 heteroatoms. The van der Waals surface area contributed by atoms with E-state index in [2.05, 4.69) is 5.32 Å². The first-order valence-electron chi connectivity index (χ1n) is 13.7. The van der Waals surface area contributed by atoms with Gasteiger partial charge in [0.15, 0.2) is 11.5 Å². The smallest absolute Gasteiger partial charge is 0.265 e. The average Bonchev–Trinajstić information content (AvgIpc) is 3.01. The molecule has 0 heterocycles. The lowest BCUT2D eigenvalue weighted by molar-refractivity contribution is -0.139. The maximum absolute atomic E-state index is 14.3. The number of carbonyl (C=O) groups excluding carboxylic acids is 2. The van der Waals surface area contributed by atoms with Gasteiger partial charge in [-0.1, -0.05) is 42.8 Å². The molecule has 0 saturated carbocycles. The van der Waals surface area contributed by atoms with E-state index in [9.17, 15) is 18.0 Å². The Bertz CT molecular complexity index is 1550. The summed E-state index contributed by atoms with van der Waals surface area (Å²) in [6.07, 6.45) is 0.718. The molecule has 1 N–H and O–H groups in total. The number of anilines is 1. The fourth-order valence-electron chi connectivity index (χ4n) is 4.43. The lowest BCUT2D eigenvalue weighted by Gasteiger charge is -2.32. The summed E-state index contributed by atoms with van der Waals surface area (Å²) in [7, 11) is -0.198. The third-order valence-corrected chi connectivity index (χ3v) is 8.94. The van der Waals surface area contributed by atoms with E-state index in [1.54, 1.807) is 13.0 Å². The van der Waals surface area contributed by atoms with E-state index >= 15 is 0 Å². The second kappa shape index (κ2) is 15.0. The van der Waals surface area contributed by atoms with Crippen molar-refractivity contribution < 1.29 is 32.2 Å². The summed E-state index contributed by atoms with van der Waals surface area (Å²) >= 11 is 6.30. The number of amides is 2. The summed E-state index contributed by atoms with van der Waals surface area (Å²) in [5, 5.41) is 3.07. The van der Waals surface area contributed by atoms with Gasteiger partial charge < -0.3 is 24.4 Å². The Labute approximate surface area is 258 Å². The lowest BCUT2D eigenvalue weighted by Crippen LogP contribution is -2.51. The predicted molar refractivity (Wildman–Crippen MR) is 167 cm³/mol. The molecule has 0 radical (unpaired) electrons. The van der Waals surface area contributed by atoms with E-state index in [1.807, 2.05) is 38.1 Å². The zero-order valence-corrected chi connectivity index (χ0v) is 26.8. The highest BCUT2D eigenvalue weighted by molar-refractivity contribution is 7.92. The number of ether oxygens (including phenoxy) is 3. The second-order valence-corrected chi connectivity index (χ2v) is 12.1. The maximum Gasteiger partial charge on any atom is 0.265 e. The van der Waals surface area contributed by atoms with Crippen molar-refractivity contribution in [2.75, 3.05) is 38.7 Å². The number of nitrogens with zero attached hydrogens (tertiary/aromatic N) is 2. The van der Waals surface area contributed by atoms with Crippen molar-refractivity contribution in [2.45, 2.75) is 44.7 Å². The molecule has 1 atom stereocenters. The maximum atomic E-state index is 14.3. The summed E-state index contributed by atoms with van der Waals surface area (Å²) in [6, 6.07) is 15.2. The van der Waals surface area contributed by atoms with Crippen molar-refractivity contribution >= 4 is 39.1 Å². The summed E-state index contributed by atoms with van der Waals surface area (Å²) in [5.74, 6) is -0.247. The van der Waals surface area contributed by atoms with E-state index in [-0.39, 0.29) is 39.6 Å². The molecule has 3 rings (SSSR count). The minimum Gasteiger partial charge on any atom is -0.495 e. The number of methoxy groups -OCH3 is 3. The molecule has 3 aromatic carbocycles. The third-order valence-electron chi connectivity index (χ3n) is 6.95. The zero-order chi connectivity index (χ0) is 31.7. The molecule has 0 aliphatic heterocycles. The molecule has 0 saturated heterocycles. The quantitative estimate of drug-likeness (QED) is 0.271. The minimum absolute atomic E-state index is 0.0528. The number of carbonyl (C=O) groups is 2.